The molecule has 1 aliphatic heterocycles. The molecule has 23 heavy (non-hydrogen) atoms. The van der Waals surface area contributed by atoms with Gasteiger partial charge >= 0.3 is 6.03 Å². The standard InChI is InChI=1S/C16H21N5O2/c1-10-14(11(2)23-21-10)20-16(22)18-9-7-13-6-5-12-4-3-8-17-15(12)19-13/h5-6H,3-4,7-9H2,1-2H3,(H,17,19)(H2,18,20,22). The minimum atomic E-state index is -0.268. The van der Waals surface area contributed by atoms with Gasteiger partial charge in [-0.1, -0.05) is 11.2 Å². The highest BCUT2D eigenvalue weighted by Gasteiger charge is 2.13. The van der Waals surface area contributed by atoms with Gasteiger partial charge in [-0.25, -0.2) is 9.78 Å². The van der Waals surface area contributed by atoms with E-state index in [0.29, 0.717) is 30.1 Å². The predicted molar refractivity (Wildman–Crippen MR) is 87.8 cm³/mol. The van der Waals surface area contributed by atoms with E-state index >= 15 is 0 Å². The molecule has 2 aromatic heterocycles. The maximum absolute atomic E-state index is 11.9. The number of rotatable bonds is 4. The summed E-state index contributed by atoms with van der Waals surface area (Å²) in [6.07, 6.45) is 2.91. The number of pyridine rings is 1. The lowest BCUT2D eigenvalue weighted by molar-refractivity contribution is 0.252. The number of nitrogens with zero attached hydrogens (tertiary/aromatic N) is 2. The third kappa shape index (κ3) is 3.61. The largest absolute Gasteiger partial charge is 0.370 e. The molecule has 3 N–H and O–H groups in total. The van der Waals surface area contributed by atoms with E-state index < -0.39 is 0 Å². The van der Waals surface area contributed by atoms with Crippen molar-refractivity contribution in [3.63, 3.8) is 0 Å². The van der Waals surface area contributed by atoms with Crippen LogP contribution >= 0.6 is 0 Å². The van der Waals surface area contributed by atoms with E-state index in [4.69, 9.17) is 4.52 Å². The van der Waals surface area contributed by atoms with E-state index in [1.54, 1.807) is 13.8 Å². The van der Waals surface area contributed by atoms with Crippen LogP contribution in [0.2, 0.25) is 0 Å². The van der Waals surface area contributed by atoms with Crippen LogP contribution in [0.3, 0.4) is 0 Å². The Morgan fingerprint density at radius 3 is 3.04 bits per heavy atom. The number of nitrogens with one attached hydrogen (secondary N) is 3. The van der Waals surface area contributed by atoms with Gasteiger partial charge in [-0.05, 0) is 38.3 Å². The van der Waals surface area contributed by atoms with Crippen LogP contribution in [0.25, 0.3) is 0 Å². The van der Waals surface area contributed by atoms with Crippen molar-refractivity contribution in [1.82, 2.24) is 15.5 Å². The lowest BCUT2D eigenvalue weighted by atomic mass is 10.1. The second kappa shape index (κ2) is 6.68. The third-order valence-electron chi connectivity index (χ3n) is 3.89. The smallest absolute Gasteiger partial charge is 0.319 e. The number of urea groups is 1. The first-order valence-corrected chi connectivity index (χ1v) is 7.84. The fourth-order valence-corrected chi connectivity index (χ4v) is 2.63. The summed E-state index contributed by atoms with van der Waals surface area (Å²) in [5.74, 6) is 1.58. The fraction of sp³-hybridized carbons (Fsp3) is 0.438. The number of carbonyl (C=O) groups excluding carboxylic acids is 1. The van der Waals surface area contributed by atoms with Gasteiger partial charge in [0.05, 0.1) is 0 Å². The topological polar surface area (TPSA) is 92.1 Å². The van der Waals surface area contributed by atoms with Crippen LogP contribution < -0.4 is 16.0 Å². The molecule has 0 radical (unpaired) electrons. The molecule has 0 saturated heterocycles. The van der Waals surface area contributed by atoms with Gasteiger partial charge in [0.15, 0.2) is 5.76 Å². The average molecular weight is 315 g/mol. The molecule has 3 heterocycles. The quantitative estimate of drug-likeness (QED) is 0.806. The first kappa shape index (κ1) is 15.3. The summed E-state index contributed by atoms with van der Waals surface area (Å²) in [5, 5.41) is 12.7. The molecule has 0 fully saturated rings. The van der Waals surface area contributed by atoms with Crippen LogP contribution in [-0.4, -0.2) is 29.3 Å². The summed E-state index contributed by atoms with van der Waals surface area (Å²) in [5.41, 5.74) is 3.53. The number of hydrogen-bond donors (Lipinski definition) is 3. The zero-order chi connectivity index (χ0) is 16.2. The molecule has 0 bridgehead atoms. The zero-order valence-corrected chi connectivity index (χ0v) is 13.4. The number of aryl methyl sites for hydroxylation is 3. The lowest BCUT2D eigenvalue weighted by Crippen LogP contribution is -2.31. The molecule has 0 aliphatic carbocycles. The number of fused-ring (bicyclic) bond motifs is 1. The first-order chi connectivity index (χ1) is 11.1. The summed E-state index contributed by atoms with van der Waals surface area (Å²) in [6.45, 7) is 5.04. The van der Waals surface area contributed by atoms with Crippen molar-refractivity contribution in [2.45, 2.75) is 33.1 Å². The van der Waals surface area contributed by atoms with Crippen molar-refractivity contribution in [2.75, 3.05) is 23.7 Å². The van der Waals surface area contributed by atoms with Gasteiger partial charge in [0.25, 0.3) is 0 Å². The van der Waals surface area contributed by atoms with Crippen molar-refractivity contribution < 1.29 is 9.32 Å². The van der Waals surface area contributed by atoms with E-state index in [-0.39, 0.29) is 6.03 Å². The van der Waals surface area contributed by atoms with Crippen molar-refractivity contribution in [3.05, 3.63) is 34.8 Å². The van der Waals surface area contributed by atoms with Crippen molar-refractivity contribution >= 4 is 17.5 Å². The Hall–Kier alpha value is -2.57. The van der Waals surface area contributed by atoms with Crippen LogP contribution in [0.4, 0.5) is 16.3 Å². The normalized spacial score (nSPS) is 13.1. The van der Waals surface area contributed by atoms with Crippen molar-refractivity contribution in [1.29, 1.82) is 0 Å². The monoisotopic (exact) mass is 315 g/mol. The zero-order valence-electron chi connectivity index (χ0n) is 13.4. The van der Waals surface area contributed by atoms with E-state index in [9.17, 15) is 4.79 Å². The predicted octanol–water partition coefficient (Wildman–Crippen LogP) is 2.41. The molecule has 1 aliphatic rings. The van der Waals surface area contributed by atoms with Gasteiger partial charge in [0, 0.05) is 25.2 Å². The molecular formula is C16H21N5O2. The second-order valence-electron chi connectivity index (χ2n) is 5.67. The highest BCUT2D eigenvalue weighted by Crippen LogP contribution is 2.20. The molecule has 122 valence electrons. The first-order valence-electron chi connectivity index (χ1n) is 7.84. The van der Waals surface area contributed by atoms with Gasteiger partial charge < -0.3 is 20.5 Å². The van der Waals surface area contributed by atoms with Crippen LogP contribution in [-0.2, 0) is 12.8 Å². The third-order valence-corrected chi connectivity index (χ3v) is 3.89. The summed E-state index contributed by atoms with van der Waals surface area (Å²) in [4.78, 5) is 16.5. The minimum Gasteiger partial charge on any atom is -0.370 e. The van der Waals surface area contributed by atoms with E-state index in [0.717, 1.165) is 30.9 Å². The molecule has 2 aromatic rings. The average Bonchev–Trinajstić information content (AvgIpc) is 2.87. The molecule has 0 aromatic carbocycles. The summed E-state index contributed by atoms with van der Waals surface area (Å²) >= 11 is 0. The molecular weight excluding hydrogens is 294 g/mol. The Bertz CT molecular complexity index is 691. The molecule has 7 heteroatoms. The van der Waals surface area contributed by atoms with Crippen LogP contribution in [0.1, 0.15) is 29.1 Å². The maximum atomic E-state index is 11.9. The summed E-state index contributed by atoms with van der Waals surface area (Å²) in [7, 11) is 0. The molecule has 0 spiro atoms. The number of hydrogen-bond acceptors (Lipinski definition) is 5. The Morgan fingerprint density at radius 1 is 1.39 bits per heavy atom. The molecule has 2 amide bonds. The van der Waals surface area contributed by atoms with Crippen molar-refractivity contribution in [2.24, 2.45) is 0 Å². The molecule has 0 unspecified atom stereocenters. The van der Waals surface area contributed by atoms with E-state index in [2.05, 4.69) is 32.2 Å². The van der Waals surface area contributed by atoms with Gasteiger partial charge in [-0.3, -0.25) is 0 Å². The van der Waals surface area contributed by atoms with Gasteiger partial charge in [0.1, 0.15) is 17.2 Å². The van der Waals surface area contributed by atoms with E-state index in [1.165, 1.54) is 5.56 Å². The van der Waals surface area contributed by atoms with Crippen LogP contribution in [0.15, 0.2) is 16.7 Å². The molecule has 0 saturated carbocycles. The van der Waals surface area contributed by atoms with Gasteiger partial charge in [-0.15, -0.1) is 0 Å². The van der Waals surface area contributed by atoms with Gasteiger partial charge in [-0.2, -0.15) is 0 Å². The molecule has 0 atom stereocenters. The van der Waals surface area contributed by atoms with E-state index in [1.807, 2.05) is 6.07 Å². The fourth-order valence-electron chi connectivity index (χ4n) is 2.63. The minimum absolute atomic E-state index is 0.268. The number of anilines is 2. The Morgan fingerprint density at radius 2 is 2.26 bits per heavy atom. The van der Waals surface area contributed by atoms with Gasteiger partial charge in [0.2, 0.25) is 0 Å². The van der Waals surface area contributed by atoms with Crippen LogP contribution in [0.5, 0.6) is 0 Å². The SMILES string of the molecule is Cc1noc(C)c1NC(=O)NCCc1ccc2c(n1)NCCC2. The Kier molecular flexibility index (Phi) is 4.45. The highest BCUT2D eigenvalue weighted by atomic mass is 16.5. The number of amides is 2. The van der Waals surface area contributed by atoms with Crippen LogP contribution in [0, 0.1) is 13.8 Å². The number of carbonyl (C=O) groups is 1. The lowest BCUT2D eigenvalue weighted by Gasteiger charge is -2.17. The summed E-state index contributed by atoms with van der Waals surface area (Å²) < 4.78 is 5.01. The number of aromatic nitrogens is 2. The Labute approximate surface area is 134 Å². The van der Waals surface area contributed by atoms with Crippen molar-refractivity contribution in [3.8, 4) is 0 Å². The Balaban J connectivity index is 1.50. The highest BCUT2D eigenvalue weighted by molar-refractivity contribution is 5.90. The summed E-state index contributed by atoms with van der Waals surface area (Å²) in [6, 6.07) is 3.88. The molecule has 3 rings (SSSR count). The molecule has 7 nitrogen and oxygen atoms in total. The second-order valence-corrected chi connectivity index (χ2v) is 5.67. The maximum Gasteiger partial charge on any atom is 0.319 e.